The van der Waals surface area contributed by atoms with Crippen molar-refractivity contribution >= 4 is 34.3 Å². The largest absolute Gasteiger partial charge is 0.459 e. The molecule has 6 nitrogen and oxygen atoms in total. The Bertz CT molecular complexity index is 985. The van der Waals surface area contributed by atoms with Crippen molar-refractivity contribution in [1.82, 2.24) is 14.8 Å². The monoisotopic (exact) mass is 385 g/mol. The van der Waals surface area contributed by atoms with E-state index in [2.05, 4.69) is 4.98 Å². The molecule has 0 bridgehead atoms. The summed E-state index contributed by atoms with van der Waals surface area (Å²) in [5.74, 6) is 0.263. The molecule has 0 saturated carbocycles. The van der Waals surface area contributed by atoms with Crippen LogP contribution in [0, 0.1) is 6.92 Å². The van der Waals surface area contributed by atoms with Gasteiger partial charge in [0, 0.05) is 47.8 Å². The lowest BCUT2D eigenvalue weighted by molar-refractivity contribution is -0.131. The number of aryl methyl sites for hydroxylation is 1. The predicted octanol–water partition coefficient (Wildman–Crippen LogP) is 3.25. The van der Waals surface area contributed by atoms with Gasteiger partial charge < -0.3 is 19.2 Å². The molecule has 0 radical (unpaired) electrons. The summed E-state index contributed by atoms with van der Waals surface area (Å²) < 4.78 is 5.17. The Morgan fingerprint density at radius 2 is 1.89 bits per heavy atom. The van der Waals surface area contributed by atoms with Crippen LogP contribution in [0.15, 0.2) is 41.0 Å². The van der Waals surface area contributed by atoms with Crippen LogP contribution >= 0.6 is 11.6 Å². The molecule has 1 aliphatic heterocycles. The number of hydrogen-bond donors (Lipinski definition) is 1. The van der Waals surface area contributed by atoms with E-state index in [4.69, 9.17) is 16.0 Å². The zero-order valence-corrected chi connectivity index (χ0v) is 15.8. The van der Waals surface area contributed by atoms with Crippen LogP contribution in [0.1, 0.15) is 21.8 Å². The summed E-state index contributed by atoms with van der Waals surface area (Å²) in [6.07, 6.45) is 1.81. The van der Waals surface area contributed by atoms with E-state index in [1.54, 1.807) is 17.0 Å². The first-order valence-electron chi connectivity index (χ1n) is 8.90. The summed E-state index contributed by atoms with van der Waals surface area (Å²) in [5.41, 5.74) is 2.94. The van der Waals surface area contributed by atoms with Gasteiger partial charge in [-0.2, -0.15) is 0 Å². The van der Waals surface area contributed by atoms with Gasteiger partial charge in [-0.3, -0.25) is 9.59 Å². The summed E-state index contributed by atoms with van der Waals surface area (Å²) in [7, 11) is 0. The van der Waals surface area contributed by atoms with Gasteiger partial charge in [-0.05, 0) is 42.8 Å². The number of rotatable bonds is 3. The van der Waals surface area contributed by atoms with Crippen molar-refractivity contribution in [2.24, 2.45) is 0 Å². The highest BCUT2D eigenvalue weighted by Gasteiger charge is 2.26. The number of piperazine rings is 1. The number of furan rings is 1. The number of amides is 2. The van der Waals surface area contributed by atoms with Crippen LogP contribution in [-0.2, 0) is 11.2 Å². The van der Waals surface area contributed by atoms with Crippen LogP contribution in [0.5, 0.6) is 0 Å². The Kier molecular flexibility index (Phi) is 4.66. The van der Waals surface area contributed by atoms with E-state index in [0.717, 1.165) is 22.2 Å². The number of fused-ring (bicyclic) bond motifs is 1. The number of aromatic nitrogens is 1. The third kappa shape index (κ3) is 3.45. The highest BCUT2D eigenvalue weighted by atomic mass is 35.5. The zero-order chi connectivity index (χ0) is 19.0. The molecule has 1 aromatic carbocycles. The normalized spacial score (nSPS) is 14.7. The van der Waals surface area contributed by atoms with Crippen molar-refractivity contribution in [2.75, 3.05) is 26.2 Å². The van der Waals surface area contributed by atoms with Gasteiger partial charge in [-0.1, -0.05) is 11.6 Å². The molecule has 0 spiro atoms. The quantitative estimate of drug-likeness (QED) is 0.752. The molecule has 1 aliphatic rings. The fourth-order valence-electron chi connectivity index (χ4n) is 3.56. The van der Waals surface area contributed by atoms with Crippen molar-refractivity contribution < 1.29 is 14.0 Å². The first kappa shape index (κ1) is 17.7. The van der Waals surface area contributed by atoms with Crippen molar-refractivity contribution in [3.05, 3.63) is 58.6 Å². The number of aromatic amines is 1. The van der Waals surface area contributed by atoms with E-state index < -0.39 is 0 Å². The van der Waals surface area contributed by atoms with Crippen LogP contribution in [0.25, 0.3) is 10.9 Å². The lowest BCUT2D eigenvalue weighted by Gasteiger charge is -2.34. The molecule has 2 aromatic heterocycles. The van der Waals surface area contributed by atoms with E-state index in [-0.39, 0.29) is 11.8 Å². The second kappa shape index (κ2) is 7.12. The molecular formula is C20H20ClN3O3. The topological polar surface area (TPSA) is 69.6 Å². The van der Waals surface area contributed by atoms with Gasteiger partial charge in [-0.15, -0.1) is 0 Å². The number of halogens is 1. The third-order valence-corrected chi connectivity index (χ3v) is 5.30. The molecule has 140 valence electrons. The van der Waals surface area contributed by atoms with Crippen LogP contribution in [0.4, 0.5) is 0 Å². The van der Waals surface area contributed by atoms with E-state index >= 15 is 0 Å². The van der Waals surface area contributed by atoms with Crippen LogP contribution in [-0.4, -0.2) is 52.8 Å². The SMILES string of the molecule is Cc1[nH]c2ccc(Cl)cc2c1CC(=O)N1CCN(C(=O)c2ccco2)CC1. The van der Waals surface area contributed by atoms with E-state index in [1.807, 2.05) is 30.0 Å². The summed E-state index contributed by atoms with van der Waals surface area (Å²) in [6.45, 7) is 4.02. The van der Waals surface area contributed by atoms with Gasteiger partial charge in [0.15, 0.2) is 5.76 Å². The minimum Gasteiger partial charge on any atom is -0.459 e. The molecular weight excluding hydrogens is 366 g/mol. The second-order valence-electron chi connectivity index (χ2n) is 6.75. The Labute approximate surface area is 161 Å². The van der Waals surface area contributed by atoms with Crippen LogP contribution in [0.3, 0.4) is 0 Å². The predicted molar refractivity (Wildman–Crippen MR) is 103 cm³/mol. The maximum absolute atomic E-state index is 12.8. The van der Waals surface area contributed by atoms with Gasteiger partial charge >= 0.3 is 0 Å². The number of H-pyrrole nitrogens is 1. The average molecular weight is 386 g/mol. The van der Waals surface area contributed by atoms with Crippen LogP contribution in [0.2, 0.25) is 5.02 Å². The fourth-order valence-corrected chi connectivity index (χ4v) is 3.73. The number of benzene rings is 1. The Morgan fingerprint density at radius 3 is 2.59 bits per heavy atom. The van der Waals surface area contributed by atoms with E-state index in [9.17, 15) is 9.59 Å². The molecule has 3 heterocycles. The fraction of sp³-hybridized carbons (Fsp3) is 0.300. The first-order valence-corrected chi connectivity index (χ1v) is 9.28. The third-order valence-electron chi connectivity index (χ3n) is 5.06. The summed E-state index contributed by atoms with van der Waals surface area (Å²) in [6, 6.07) is 9.01. The number of carbonyl (C=O) groups excluding carboxylic acids is 2. The molecule has 0 unspecified atom stereocenters. The molecule has 3 aromatic rings. The zero-order valence-electron chi connectivity index (χ0n) is 15.0. The number of nitrogens with zero attached hydrogens (tertiary/aromatic N) is 2. The minimum absolute atomic E-state index is 0.0593. The number of nitrogens with one attached hydrogen (secondary N) is 1. The van der Waals surface area contributed by atoms with Crippen molar-refractivity contribution in [2.45, 2.75) is 13.3 Å². The standard InChI is InChI=1S/C20H20ClN3O3/c1-13-15(16-11-14(21)4-5-17(16)22-13)12-19(25)23-6-8-24(9-7-23)20(26)18-3-2-10-27-18/h2-5,10-11,22H,6-9,12H2,1H3. The molecule has 7 heteroatoms. The highest BCUT2D eigenvalue weighted by Crippen LogP contribution is 2.26. The minimum atomic E-state index is -0.130. The molecule has 1 N–H and O–H groups in total. The van der Waals surface area contributed by atoms with Gasteiger partial charge in [0.05, 0.1) is 12.7 Å². The Balaban J connectivity index is 1.42. The van der Waals surface area contributed by atoms with E-state index in [1.165, 1.54) is 6.26 Å². The molecule has 0 aliphatic carbocycles. The molecule has 27 heavy (non-hydrogen) atoms. The first-order chi connectivity index (χ1) is 13.0. The molecule has 1 saturated heterocycles. The lowest BCUT2D eigenvalue weighted by Crippen LogP contribution is -2.50. The lowest BCUT2D eigenvalue weighted by atomic mass is 10.1. The molecule has 2 amide bonds. The molecule has 0 atom stereocenters. The van der Waals surface area contributed by atoms with Crippen LogP contribution < -0.4 is 0 Å². The Hall–Kier alpha value is -2.73. The molecule has 4 rings (SSSR count). The summed E-state index contributed by atoms with van der Waals surface area (Å²) in [4.78, 5) is 32.0. The van der Waals surface area contributed by atoms with E-state index in [0.29, 0.717) is 43.4 Å². The van der Waals surface area contributed by atoms with Crippen molar-refractivity contribution in [3.8, 4) is 0 Å². The Morgan fingerprint density at radius 1 is 1.15 bits per heavy atom. The summed E-state index contributed by atoms with van der Waals surface area (Å²) >= 11 is 6.12. The van der Waals surface area contributed by atoms with Gasteiger partial charge in [-0.25, -0.2) is 0 Å². The van der Waals surface area contributed by atoms with Crippen molar-refractivity contribution in [3.63, 3.8) is 0 Å². The maximum Gasteiger partial charge on any atom is 0.289 e. The molecule has 1 fully saturated rings. The summed E-state index contributed by atoms with van der Waals surface area (Å²) in [5, 5.41) is 1.64. The van der Waals surface area contributed by atoms with Gasteiger partial charge in [0.25, 0.3) is 5.91 Å². The van der Waals surface area contributed by atoms with Crippen molar-refractivity contribution in [1.29, 1.82) is 0 Å². The van der Waals surface area contributed by atoms with Gasteiger partial charge in [0.2, 0.25) is 5.91 Å². The van der Waals surface area contributed by atoms with Gasteiger partial charge in [0.1, 0.15) is 0 Å². The highest BCUT2D eigenvalue weighted by molar-refractivity contribution is 6.31. The maximum atomic E-state index is 12.8. The number of carbonyl (C=O) groups is 2. The smallest absolute Gasteiger partial charge is 0.289 e. The second-order valence-corrected chi connectivity index (χ2v) is 7.18. The number of hydrogen-bond acceptors (Lipinski definition) is 3. The average Bonchev–Trinajstić information content (AvgIpc) is 3.30.